The summed E-state index contributed by atoms with van der Waals surface area (Å²) in [5, 5.41) is 8.14. The summed E-state index contributed by atoms with van der Waals surface area (Å²) >= 11 is 0. The van der Waals surface area contributed by atoms with Crippen LogP contribution in [0.5, 0.6) is 0 Å². The van der Waals surface area contributed by atoms with Crippen LogP contribution in [0.25, 0.3) is 0 Å². The van der Waals surface area contributed by atoms with Crippen molar-refractivity contribution < 1.29 is 13.2 Å². The van der Waals surface area contributed by atoms with E-state index in [9.17, 15) is 13.2 Å². The molecule has 1 amide bonds. The van der Waals surface area contributed by atoms with Crippen LogP contribution in [-0.4, -0.2) is 51.4 Å². The van der Waals surface area contributed by atoms with Crippen molar-refractivity contribution in [3.63, 3.8) is 0 Å². The first-order valence-corrected chi connectivity index (χ1v) is 10.2. The zero-order valence-electron chi connectivity index (χ0n) is 14.0. The Morgan fingerprint density at radius 1 is 1.22 bits per heavy atom. The van der Waals surface area contributed by atoms with Crippen molar-refractivity contribution in [2.75, 3.05) is 26.2 Å². The average molecular weight is 346 g/mol. The minimum Gasteiger partial charge on any atom is -0.352 e. The molecule has 7 nitrogen and oxygen atoms in total. The van der Waals surface area contributed by atoms with Gasteiger partial charge in [0, 0.05) is 19.1 Å². The van der Waals surface area contributed by atoms with Crippen LogP contribution in [-0.2, 0) is 15.0 Å². The molecule has 0 aromatic rings. The van der Waals surface area contributed by atoms with Gasteiger partial charge in [0.15, 0.2) is 0 Å². The molecule has 8 heteroatoms. The third kappa shape index (κ3) is 6.74. The van der Waals surface area contributed by atoms with Gasteiger partial charge in [-0.2, -0.15) is 8.42 Å². The molecule has 2 rings (SSSR count). The SMILES string of the molecule is CC1CCCCC1NC(=O)CN1CCCC(CNS(N)(=O)=O)C1. The summed E-state index contributed by atoms with van der Waals surface area (Å²) in [4.78, 5) is 14.4. The van der Waals surface area contributed by atoms with Gasteiger partial charge in [0.2, 0.25) is 5.91 Å². The van der Waals surface area contributed by atoms with Gasteiger partial charge in [0.05, 0.1) is 6.54 Å². The summed E-state index contributed by atoms with van der Waals surface area (Å²) in [7, 11) is -3.64. The number of nitrogens with one attached hydrogen (secondary N) is 2. The molecule has 1 heterocycles. The van der Waals surface area contributed by atoms with Crippen LogP contribution in [0.15, 0.2) is 0 Å². The molecule has 1 saturated heterocycles. The van der Waals surface area contributed by atoms with Crippen molar-refractivity contribution in [2.45, 2.75) is 51.5 Å². The molecular formula is C15H30N4O3S. The molecule has 3 unspecified atom stereocenters. The van der Waals surface area contributed by atoms with E-state index in [0.717, 1.165) is 32.4 Å². The van der Waals surface area contributed by atoms with Crippen LogP contribution in [0.2, 0.25) is 0 Å². The largest absolute Gasteiger partial charge is 0.352 e. The first kappa shape index (κ1) is 18.6. The predicted octanol–water partition coefficient (Wildman–Crippen LogP) is 0.186. The Kier molecular flexibility index (Phi) is 6.82. The molecule has 1 aliphatic heterocycles. The van der Waals surface area contributed by atoms with Gasteiger partial charge < -0.3 is 5.32 Å². The number of carbonyl (C=O) groups is 1. The standard InChI is InChI=1S/C15H30N4O3S/c1-12-5-2-3-7-14(12)18-15(20)11-19-8-4-6-13(10-19)9-17-23(16,21)22/h12-14,17H,2-11H2,1H3,(H,18,20)(H2,16,21,22). The molecule has 4 N–H and O–H groups in total. The normalized spacial score (nSPS) is 30.1. The highest BCUT2D eigenvalue weighted by molar-refractivity contribution is 7.87. The third-order valence-corrected chi connectivity index (χ3v) is 5.57. The fraction of sp³-hybridized carbons (Fsp3) is 0.933. The topological polar surface area (TPSA) is 105 Å². The fourth-order valence-electron chi connectivity index (χ4n) is 3.68. The Morgan fingerprint density at radius 2 is 1.96 bits per heavy atom. The van der Waals surface area contributed by atoms with E-state index in [1.165, 1.54) is 19.3 Å². The molecule has 0 aromatic carbocycles. The predicted molar refractivity (Wildman–Crippen MR) is 89.8 cm³/mol. The minimum absolute atomic E-state index is 0.0869. The van der Waals surface area contributed by atoms with E-state index in [-0.39, 0.29) is 11.8 Å². The van der Waals surface area contributed by atoms with Crippen molar-refractivity contribution in [2.24, 2.45) is 17.0 Å². The van der Waals surface area contributed by atoms with Gasteiger partial charge in [-0.3, -0.25) is 9.69 Å². The second kappa shape index (κ2) is 8.41. The first-order valence-electron chi connectivity index (χ1n) is 8.62. The molecule has 2 aliphatic rings. The second-order valence-corrected chi connectivity index (χ2v) is 8.45. The second-order valence-electron chi connectivity index (χ2n) is 7.07. The zero-order chi connectivity index (χ0) is 16.9. The lowest BCUT2D eigenvalue weighted by Gasteiger charge is -2.34. The molecule has 0 bridgehead atoms. The van der Waals surface area contributed by atoms with Gasteiger partial charge >= 0.3 is 0 Å². The molecule has 3 atom stereocenters. The maximum Gasteiger partial charge on any atom is 0.274 e. The number of amides is 1. The molecule has 1 saturated carbocycles. The highest BCUT2D eigenvalue weighted by Gasteiger charge is 2.25. The molecule has 0 spiro atoms. The molecule has 0 radical (unpaired) electrons. The number of hydrogen-bond acceptors (Lipinski definition) is 4. The lowest BCUT2D eigenvalue weighted by molar-refractivity contribution is -0.123. The molecule has 2 fully saturated rings. The number of rotatable bonds is 6. The highest BCUT2D eigenvalue weighted by Crippen LogP contribution is 2.23. The van der Waals surface area contributed by atoms with Crippen LogP contribution in [0, 0.1) is 11.8 Å². The molecule has 23 heavy (non-hydrogen) atoms. The monoisotopic (exact) mass is 346 g/mol. The number of likely N-dealkylation sites (tertiary alicyclic amines) is 1. The van der Waals surface area contributed by atoms with Crippen LogP contribution >= 0.6 is 0 Å². The van der Waals surface area contributed by atoms with Crippen LogP contribution in [0.3, 0.4) is 0 Å². The Morgan fingerprint density at radius 3 is 2.65 bits per heavy atom. The molecular weight excluding hydrogens is 316 g/mol. The summed E-state index contributed by atoms with van der Waals surface area (Å²) in [5.41, 5.74) is 0. The van der Waals surface area contributed by atoms with E-state index in [1.54, 1.807) is 0 Å². The third-order valence-electron chi connectivity index (χ3n) is 5.00. The van der Waals surface area contributed by atoms with E-state index in [4.69, 9.17) is 5.14 Å². The molecule has 0 aromatic heterocycles. The number of nitrogens with zero attached hydrogens (tertiary/aromatic N) is 1. The average Bonchev–Trinajstić information content (AvgIpc) is 2.47. The van der Waals surface area contributed by atoms with E-state index in [2.05, 4.69) is 21.9 Å². The number of carbonyl (C=O) groups excluding carboxylic acids is 1. The lowest BCUT2D eigenvalue weighted by atomic mass is 9.86. The van der Waals surface area contributed by atoms with Crippen molar-refractivity contribution >= 4 is 16.1 Å². The highest BCUT2D eigenvalue weighted by atomic mass is 32.2. The molecule has 1 aliphatic carbocycles. The quantitative estimate of drug-likeness (QED) is 0.638. The first-order chi connectivity index (χ1) is 10.8. The van der Waals surface area contributed by atoms with E-state index >= 15 is 0 Å². The van der Waals surface area contributed by atoms with Crippen molar-refractivity contribution in [3.05, 3.63) is 0 Å². The van der Waals surface area contributed by atoms with Crippen LogP contribution in [0.1, 0.15) is 45.4 Å². The zero-order valence-corrected chi connectivity index (χ0v) is 14.8. The van der Waals surface area contributed by atoms with Crippen molar-refractivity contribution in [1.82, 2.24) is 14.9 Å². The number of hydrogen-bond donors (Lipinski definition) is 3. The summed E-state index contributed by atoms with van der Waals surface area (Å²) in [6.07, 6.45) is 6.66. The summed E-state index contributed by atoms with van der Waals surface area (Å²) < 4.78 is 24.3. The summed E-state index contributed by atoms with van der Waals surface area (Å²) in [6.45, 7) is 4.57. The number of nitrogens with two attached hydrogens (primary N) is 1. The lowest BCUT2D eigenvalue weighted by Crippen LogP contribution is -2.49. The number of piperidine rings is 1. The van der Waals surface area contributed by atoms with Crippen LogP contribution in [0.4, 0.5) is 0 Å². The van der Waals surface area contributed by atoms with Gasteiger partial charge in [-0.15, -0.1) is 0 Å². The van der Waals surface area contributed by atoms with E-state index < -0.39 is 10.2 Å². The van der Waals surface area contributed by atoms with Gasteiger partial charge in [0.25, 0.3) is 10.2 Å². The Hall–Kier alpha value is -0.700. The Balaban J connectivity index is 1.74. The molecule has 134 valence electrons. The van der Waals surface area contributed by atoms with Gasteiger partial charge in [-0.05, 0) is 44.1 Å². The van der Waals surface area contributed by atoms with E-state index in [1.807, 2.05) is 0 Å². The van der Waals surface area contributed by atoms with Gasteiger partial charge in [-0.1, -0.05) is 19.8 Å². The fourth-order valence-corrected chi connectivity index (χ4v) is 4.15. The minimum atomic E-state index is -3.64. The Bertz CT molecular complexity index is 497. The van der Waals surface area contributed by atoms with Crippen LogP contribution < -0.4 is 15.2 Å². The Labute approximate surface area is 139 Å². The maximum atomic E-state index is 12.3. The van der Waals surface area contributed by atoms with Crippen molar-refractivity contribution in [3.8, 4) is 0 Å². The van der Waals surface area contributed by atoms with Gasteiger partial charge in [0.1, 0.15) is 0 Å². The van der Waals surface area contributed by atoms with Crippen molar-refractivity contribution in [1.29, 1.82) is 0 Å². The summed E-state index contributed by atoms with van der Waals surface area (Å²) in [5.74, 6) is 0.855. The van der Waals surface area contributed by atoms with Gasteiger partial charge in [-0.25, -0.2) is 9.86 Å². The summed E-state index contributed by atoms with van der Waals surface area (Å²) in [6, 6.07) is 0.306. The smallest absolute Gasteiger partial charge is 0.274 e. The maximum absolute atomic E-state index is 12.3. The van der Waals surface area contributed by atoms with E-state index in [0.29, 0.717) is 25.0 Å².